The molecule has 4 rings (SSSR count). The van der Waals surface area contributed by atoms with Gasteiger partial charge in [-0.05, 0) is 43.5 Å². The zero-order valence-electron chi connectivity index (χ0n) is 16.2. The van der Waals surface area contributed by atoms with Crippen LogP contribution in [0, 0.1) is 18.3 Å². The molecule has 8 heteroatoms. The molecule has 1 saturated carbocycles. The van der Waals surface area contributed by atoms with Crippen molar-refractivity contribution < 1.29 is 13.2 Å². The van der Waals surface area contributed by atoms with E-state index >= 15 is 0 Å². The summed E-state index contributed by atoms with van der Waals surface area (Å²) < 4.78 is 27.1. The smallest absolute Gasteiger partial charge is 0.211 e. The molecule has 2 fully saturated rings. The summed E-state index contributed by atoms with van der Waals surface area (Å²) in [5, 5.41) is 10.6. The maximum Gasteiger partial charge on any atom is 0.211 e. The van der Waals surface area contributed by atoms with Crippen molar-refractivity contribution in [2.24, 2.45) is 0 Å². The fourth-order valence-electron chi connectivity index (χ4n) is 4.39. The van der Waals surface area contributed by atoms with Gasteiger partial charge in [0, 0.05) is 54.7 Å². The van der Waals surface area contributed by atoms with Gasteiger partial charge in [-0.2, -0.15) is 9.57 Å². The highest BCUT2D eigenvalue weighted by molar-refractivity contribution is 7.88. The van der Waals surface area contributed by atoms with Crippen molar-refractivity contribution in [2.45, 2.75) is 31.8 Å². The van der Waals surface area contributed by atoms with E-state index in [0.29, 0.717) is 44.0 Å². The van der Waals surface area contributed by atoms with Crippen molar-refractivity contribution in [3.05, 3.63) is 35.0 Å². The van der Waals surface area contributed by atoms with Gasteiger partial charge >= 0.3 is 0 Å². The van der Waals surface area contributed by atoms with E-state index in [0.717, 1.165) is 35.6 Å². The number of nitrogens with zero attached hydrogens (tertiary/aromatic N) is 4. The third-order valence-corrected chi connectivity index (χ3v) is 7.60. The summed E-state index contributed by atoms with van der Waals surface area (Å²) in [6.45, 7) is 5.07. The molecule has 0 spiro atoms. The molecule has 7 nitrogen and oxygen atoms in total. The predicted molar refractivity (Wildman–Crippen MR) is 107 cm³/mol. The van der Waals surface area contributed by atoms with Gasteiger partial charge in [-0.3, -0.25) is 9.69 Å². The molecule has 0 bridgehead atoms. The van der Waals surface area contributed by atoms with Crippen LogP contribution in [-0.2, 0) is 16.6 Å². The highest BCUT2D eigenvalue weighted by atomic mass is 32.2. The Morgan fingerprint density at radius 3 is 2.43 bits per heavy atom. The molecular formula is C20H24N4O3S. The Hall–Kier alpha value is -2.21. The van der Waals surface area contributed by atoms with Gasteiger partial charge in [0.2, 0.25) is 10.0 Å². The Morgan fingerprint density at radius 1 is 1.21 bits per heavy atom. The van der Waals surface area contributed by atoms with E-state index in [2.05, 4.69) is 15.5 Å². The second kappa shape index (κ2) is 6.69. The van der Waals surface area contributed by atoms with E-state index < -0.39 is 10.0 Å². The quantitative estimate of drug-likeness (QED) is 0.714. The molecule has 1 aliphatic heterocycles. The summed E-state index contributed by atoms with van der Waals surface area (Å²) in [5.41, 5.74) is 3.10. The van der Waals surface area contributed by atoms with Crippen LogP contribution >= 0.6 is 0 Å². The molecule has 2 aliphatic rings. The van der Waals surface area contributed by atoms with Crippen LogP contribution in [0.5, 0.6) is 0 Å². The molecule has 0 N–H and O–H groups in total. The minimum absolute atomic E-state index is 0.0155. The van der Waals surface area contributed by atoms with Crippen LogP contribution in [0.15, 0.2) is 18.2 Å². The van der Waals surface area contributed by atoms with Gasteiger partial charge in [0.15, 0.2) is 0 Å². The lowest BCUT2D eigenvalue weighted by Gasteiger charge is -2.39. The van der Waals surface area contributed by atoms with Crippen LogP contribution in [-0.4, -0.2) is 66.4 Å². The number of aryl methyl sites for hydroxylation is 1. The molecule has 0 unspecified atom stereocenters. The monoisotopic (exact) mass is 400 g/mol. The van der Waals surface area contributed by atoms with Crippen molar-refractivity contribution in [1.82, 2.24) is 13.8 Å². The Morgan fingerprint density at radius 2 is 1.89 bits per heavy atom. The summed E-state index contributed by atoms with van der Waals surface area (Å²) in [6, 6.07) is 7.90. The van der Waals surface area contributed by atoms with Gasteiger partial charge < -0.3 is 4.57 Å². The third-order valence-electron chi connectivity index (χ3n) is 6.30. The number of nitriles is 1. The maximum absolute atomic E-state index is 11.8. The molecule has 2 heterocycles. The standard InChI is InChI=1S/C20H24N4O3S/c1-15-16(13-25)3-4-19-18(15)11-17(12-21)24(19)14-20(5-6-20)22-7-9-23(10-8-22)28(2,26)27/h3-4,11,13H,5-10,14H2,1-2H3. The van der Waals surface area contributed by atoms with Crippen molar-refractivity contribution in [1.29, 1.82) is 5.26 Å². The van der Waals surface area contributed by atoms with Crippen molar-refractivity contribution in [3.63, 3.8) is 0 Å². The third kappa shape index (κ3) is 3.13. The minimum Gasteiger partial charge on any atom is -0.330 e. The summed E-state index contributed by atoms with van der Waals surface area (Å²) in [4.78, 5) is 13.6. The molecule has 28 heavy (non-hydrogen) atoms. The van der Waals surface area contributed by atoms with Crippen molar-refractivity contribution >= 4 is 27.2 Å². The molecule has 0 atom stereocenters. The first-order chi connectivity index (χ1) is 13.3. The van der Waals surface area contributed by atoms with Crippen LogP contribution in [0.2, 0.25) is 0 Å². The van der Waals surface area contributed by atoms with Crippen LogP contribution in [0.1, 0.15) is 34.5 Å². The second-order valence-corrected chi connectivity index (χ2v) is 9.91. The molecule has 0 amide bonds. The van der Waals surface area contributed by atoms with Crippen LogP contribution < -0.4 is 0 Å². The number of hydrogen-bond donors (Lipinski definition) is 0. The molecular weight excluding hydrogens is 376 g/mol. The SMILES string of the molecule is Cc1c(C=O)ccc2c1cc(C#N)n2CC1(N2CCN(S(C)(=O)=O)CC2)CC1. The van der Waals surface area contributed by atoms with Crippen LogP contribution in [0.25, 0.3) is 10.9 Å². The number of piperazine rings is 1. The number of fused-ring (bicyclic) bond motifs is 1. The van der Waals surface area contributed by atoms with Crippen molar-refractivity contribution in [3.8, 4) is 6.07 Å². The van der Waals surface area contributed by atoms with E-state index in [1.54, 1.807) is 0 Å². The van der Waals surface area contributed by atoms with E-state index in [-0.39, 0.29) is 5.54 Å². The Labute approximate surface area is 165 Å². The lowest BCUT2D eigenvalue weighted by atomic mass is 10.1. The summed E-state index contributed by atoms with van der Waals surface area (Å²) in [6.07, 6.45) is 4.20. The fourth-order valence-corrected chi connectivity index (χ4v) is 5.22. The summed E-state index contributed by atoms with van der Waals surface area (Å²) in [7, 11) is -3.15. The van der Waals surface area contributed by atoms with Gasteiger partial charge in [0.05, 0.1) is 6.26 Å². The van der Waals surface area contributed by atoms with E-state index in [9.17, 15) is 18.5 Å². The molecule has 1 aromatic heterocycles. The highest BCUT2D eigenvalue weighted by Crippen LogP contribution is 2.45. The lowest BCUT2D eigenvalue weighted by Crippen LogP contribution is -2.53. The average molecular weight is 401 g/mol. The Bertz CT molecular complexity index is 1080. The zero-order valence-corrected chi connectivity index (χ0v) is 17.0. The number of sulfonamides is 1. The number of rotatable bonds is 5. The molecule has 1 saturated heterocycles. The Kier molecular flexibility index (Phi) is 4.57. The number of hydrogen-bond acceptors (Lipinski definition) is 5. The summed E-state index contributed by atoms with van der Waals surface area (Å²) in [5.74, 6) is 0. The molecule has 1 aromatic carbocycles. The van der Waals surface area contributed by atoms with Gasteiger partial charge in [-0.1, -0.05) is 0 Å². The maximum atomic E-state index is 11.8. The first-order valence-corrected chi connectivity index (χ1v) is 11.3. The van der Waals surface area contributed by atoms with Gasteiger partial charge in [0.1, 0.15) is 18.0 Å². The second-order valence-electron chi connectivity index (χ2n) is 7.93. The highest BCUT2D eigenvalue weighted by Gasteiger charge is 2.49. The number of carbonyl (C=O) groups is 1. The Balaban J connectivity index is 1.63. The lowest BCUT2D eigenvalue weighted by molar-refractivity contribution is 0.110. The van der Waals surface area contributed by atoms with Gasteiger partial charge in [0.25, 0.3) is 0 Å². The number of aromatic nitrogens is 1. The van der Waals surface area contributed by atoms with Crippen LogP contribution in [0.3, 0.4) is 0 Å². The van der Waals surface area contributed by atoms with Crippen LogP contribution in [0.4, 0.5) is 0 Å². The van der Waals surface area contributed by atoms with Crippen molar-refractivity contribution in [2.75, 3.05) is 32.4 Å². The zero-order chi connectivity index (χ0) is 20.1. The van der Waals surface area contributed by atoms with Gasteiger partial charge in [-0.15, -0.1) is 0 Å². The number of benzene rings is 1. The van der Waals surface area contributed by atoms with E-state index in [1.807, 2.05) is 25.1 Å². The summed E-state index contributed by atoms with van der Waals surface area (Å²) >= 11 is 0. The topological polar surface area (TPSA) is 86.4 Å². The predicted octanol–water partition coefficient (Wildman–Crippen LogP) is 1.74. The van der Waals surface area contributed by atoms with E-state index in [4.69, 9.17) is 0 Å². The van der Waals surface area contributed by atoms with Gasteiger partial charge in [-0.25, -0.2) is 8.42 Å². The largest absolute Gasteiger partial charge is 0.330 e. The molecule has 2 aromatic rings. The number of carbonyl (C=O) groups excluding carboxylic acids is 1. The minimum atomic E-state index is -3.15. The normalized spacial score (nSPS) is 20.2. The molecule has 148 valence electrons. The average Bonchev–Trinajstić information content (AvgIpc) is 3.37. The fraction of sp³-hybridized carbons (Fsp3) is 0.500. The number of aldehydes is 1. The van der Waals surface area contributed by atoms with E-state index in [1.165, 1.54) is 10.6 Å². The molecule has 1 aliphatic carbocycles. The first kappa shape index (κ1) is 19.1. The molecule has 0 radical (unpaired) electrons. The first-order valence-electron chi connectivity index (χ1n) is 9.47.